The molecule has 1 heterocycles. The number of aryl methyl sites for hydroxylation is 1. The molecule has 0 radical (unpaired) electrons. The average molecular weight is 371 g/mol. The molecule has 0 atom stereocenters. The van der Waals surface area contributed by atoms with E-state index in [-0.39, 0.29) is 22.4 Å². The van der Waals surface area contributed by atoms with Crippen LogP contribution in [-0.4, -0.2) is 22.4 Å². The van der Waals surface area contributed by atoms with E-state index in [1.165, 1.54) is 6.07 Å². The quantitative estimate of drug-likeness (QED) is 0.770. The lowest BCUT2D eigenvalue weighted by Crippen LogP contribution is -2.17. The van der Waals surface area contributed by atoms with Crippen LogP contribution in [0.4, 0.5) is 24.8 Å². The Morgan fingerprint density at radius 3 is 2.68 bits per heavy atom. The van der Waals surface area contributed by atoms with Gasteiger partial charge in [-0.05, 0) is 31.2 Å². The predicted octanol–water partition coefficient (Wildman–Crippen LogP) is 4.31. The summed E-state index contributed by atoms with van der Waals surface area (Å²) >= 11 is 5.87. The fourth-order valence-electron chi connectivity index (χ4n) is 1.91. The van der Waals surface area contributed by atoms with E-state index in [2.05, 4.69) is 27.2 Å². The summed E-state index contributed by atoms with van der Waals surface area (Å²) in [6.07, 6.45) is -2.95. The molecular weight excluding hydrogens is 357 g/mol. The van der Waals surface area contributed by atoms with Crippen LogP contribution in [0.3, 0.4) is 0 Å². The number of aromatic nitrogens is 2. The van der Waals surface area contributed by atoms with Gasteiger partial charge in [-0.25, -0.2) is 9.97 Å². The smallest absolute Gasteiger partial charge is 0.351 e. The van der Waals surface area contributed by atoms with Crippen LogP contribution in [0.25, 0.3) is 0 Å². The van der Waals surface area contributed by atoms with Crippen LogP contribution in [0.5, 0.6) is 0 Å². The number of carbonyl (C=O) groups is 1. The van der Waals surface area contributed by atoms with Gasteiger partial charge in [0.1, 0.15) is 5.69 Å². The van der Waals surface area contributed by atoms with Gasteiger partial charge in [0.25, 0.3) is 5.91 Å². The number of hydrogen-bond acceptors (Lipinski definition) is 4. The van der Waals surface area contributed by atoms with Gasteiger partial charge >= 0.3 is 6.18 Å². The third-order valence-corrected chi connectivity index (χ3v) is 3.36. The molecule has 0 fully saturated rings. The summed E-state index contributed by atoms with van der Waals surface area (Å²) in [6, 6.07) is 4.09. The first kappa shape index (κ1) is 18.7. The van der Waals surface area contributed by atoms with Gasteiger partial charge < -0.3 is 10.6 Å². The van der Waals surface area contributed by atoms with Crippen LogP contribution >= 0.6 is 11.6 Å². The summed E-state index contributed by atoms with van der Waals surface area (Å²) in [7, 11) is 0. The summed E-state index contributed by atoms with van der Waals surface area (Å²) < 4.78 is 38.4. The van der Waals surface area contributed by atoms with Crippen molar-refractivity contribution >= 4 is 29.1 Å². The molecule has 0 spiro atoms. The maximum atomic E-state index is 12.8. The van der Waals surface area contributed by atoms with Gasteiger partial charge in [-0.15, -0.1) is 6.58 Å². The Labute approximate surface area is 146 Å². The molecule has 0 aliphatic rings. The highest BCUT2D eigenvalue weighted by Crippen LogP contribution is 2.33. The lowest BCUT2D eigenvalue weighted by molar-refractivity contribution is -0.137. The second-order valence-electron chi connectivity index (χ2n) is 5.03. The third kappa shape index (κ3) is 4.93. The zero-order valence-electron chi connectivity index (χ0n) is 13.1. The van der Waals surface area contributed by atoms with Gasteiger partial charge in [0, 0.05) is 12.2 Å². The Balaban J connectivity index is 2.28. The molecule has 0 aliphatic heterocycles. The van der Waals surface area contributed by atoms with E-state index in [1.54, 1.807) is 13.0 Å². The molecule has 0 saturated heterocycles. The molecule has 9 heteroatoms. The molecule has 1 aromatic carbocycles. The molecule has 132 valence electrons. The number of carbonyl (C=O) groups excluding carboxylic acids is 1. The highest BCUT2D eigenvalue weighted by molar-refractivity contribution is 6.33. The summed E-state index contributed by atoms with van der Waals surface area (Å²) in [5, 5.41) is 5.16. The summed E-state index contributed by atoms with van der Waals surface area (Å²) in [6.45, 7) is 5.60. The first-order valence-corrected chi connectivity index (χ1v) is 7.47. The Bertz CT molecular complexity index is 808. The van der Waals surface area contributed by atoms with Crippen molar-refractivity contribution in [3.63, 3.8) is 0 Å². The zero-order valence-corrected chi connectivity index (χ0v) is 13.9. The molecular formula is C16H14ClF3N4O. The number of amides is 1. The highest BCUT2D eigenvalue weighted by Gasteiger charge is 2.31. The zero-order chi connectivity index (χ0) is 18.6. The Hall–Kier alpha value is -2.61. The van der Waals surface area contributed by atoms with Crippen molar-refractivity contribution in [3.8, 4) is 0 Å². The normalized spacial score (nSPS) is 11.1. The number of halogens is 4. The first-order chi connectivity index (χ1) is 11.7. The molecule has 2 rings (SSSR count). The topological polar surface area (TPSA) is 66.9 Å². The van der Waals surface area contributed by atoms with Gasteiger partial charge in [0.15, 0.2) is 0 Å². The van der Waals surface area contributed by atoms with E-state index in [1.807, 2.05) is 0 Å². The van der Waals surface area contributed by atoms with E-state index in [9.17, 15) is 18.0 Å². The lowest BCUT2D eigenvalue weighted by atomic mass is 10.2. The standard InChI is InChI=1S/C16H14ClF3N4O/c1-3-6-21-15-22-9(2)7-13(24-15)14(25)23-12-8-10(16(18,19)20)4-5-11(12)17/h3-5,7-8H,1,6H2,2H3,(H,23,25)(H,21,22,24). The van der Waals surface area contributed by atoms with Crippen molar-refractivity contribution in [2.24, 2.45) is 0 Å². The monoisotopic (exact) mass is 370 g/mol. The molecule has 0 aliphatic carbocycles. The number of nitrogens with one attached hydrogen (secondary N) is 2. The minimum absolute atomic E-state index is 0.00691. The van der Waals surface area contributed by atoms with Crippen molar-refractivity contribution < 1.29 is 18.0 Å². The minimum Gasteiger partial charge on any atom is -0.351 e. The van der Waals surface area contributed by atoms with Crippen molar-refractivity contribution in [1.82, 2.24) is 9.97 Å². The molecule has 2 aromatic rings. The number of hydrogen-bond donors (Lipinski definition) is 2. The van der Waals surface area contributed by atoms with Crippen LogP contribution in [0.2, 0.25) is 5.02 Å². The molecule has 0 unspecified atom stereocenters. The lowest BCUT2D eigenvalue weighted by Gasteiger charge is -2.12. The van der Waals surface area contributed by atoms with Crippen LogP contribution in [0, 0.1) is 6.92 Å². The highest BCUT2D eigenvalue weighted by atomic mass is 35.5. The Morgan fingerprint density at radius 1 is 1.32 bits per heavy atom. The van der Waals surface area contributed by atoms with Gasteiger partial charge in [-0.1, -0.05) is 17.7 Å². The van der Waals surface area contributed by atoms with Gasteiger partial charge in [-0.3, -0.25) is 4.79 Å². The van der Waals surface area contributed by atoms with Crippen LogP contribution in [-0.2, 0) is 6.18 Å². The van der Waals surface area contributed by atoms with E-state index in [0.29, 0.717) is 12.2 Å². The Morgan fingerprint density at radius 2 is 2.04 bits per heavy atom. The minimum atomic E-state index is -4.54. The van der Waals surface area contributed by atoms with Crippen molar-refractivity contribution in [3.05, 3.63) is 58.9 Å². The molecule has 2 N–H and O–H groups in total. The predicted molar refractivity (Wildman–Crippen MR) is 89.9 cm³/mol. The molecule has 25 heavy (non-hydrogen) atoms. The van der Waals surface area contributed by atoms with E-state index < -0.39 is 17.6 Å². The molecule has 0 bridgehead atoms. The Kier molecular flexibility index (Phi) is 5.63. The molecule has 5 nitrogen and oxygen atoms in total. The van der Waals surface area contributed by atoms with Crippen molar-refractivity contribution in [1.29, 1.82) is 0 Å². The second-order valence-corrected chi connectivity index (χ2v) is 5.44. The fraction of sp³-hybridized carbons (Fsp3) is 0.188. The number of alkyl halides is 3. The second kappa shape index (κ2) is 7.52. The first-order valence-electron chi connectivity index (χ1n) is 7.09. The molecule has 1 aromatic heterocycles. The van der Waals surface area contributed by atoms with Gasteiger partial charge in [0.05, 0.1) is 16.3 Å². The van der Waals surface area contributed by atoms with Crippen molar-refractivity contribution in [2.75, 3.05) is 17.2 Å². The average Bonchev–Trinajstić information content (AvgIpc) is 2.53. The number of nitrogens with zero attached hydrogens (tertiary/aromatic N) is 2. The summed E-state index contributed by atoms with van der Waals surface area (Å²) in [5.41, 5.74) is -0.563. The maximum Gasteiger partial charge on any atom is 0.416 e. The molecule has 1 amide bonds. The SMILES string of the molecule is C=CCNc1nc(C)cc(C(=O)Nc2cc(C(F)(F)F)ccc2Cl)n1. The summed E-state index contributed by atoms with van der Waals surface area (Å²) in [5.74, 6) is -0.492. The molecule has 0 saturated carbocycles. The number of benzene rings is 1. The number of anilines is 2. The third-order valence-electron chi connectivity index (χ3n) is 3.03. The van der Waals surface area contributed by atoms with E-state index >= 15 is 0 Å². The summed E-state index contributed by atoms with van der Waals surface area (Å²) in [4.78, 5) is 20.4. The fourth-order valence-corrected chi connectivity index (χ4v) is 2.08. The maximum absolute atomic E-state index is 12.8. The van der Waals surface area contributed by atoms with Crippen LogP contribution in [0.1, 0.15) is 21.7 Å². The van der Waals surface area contributed by atoms with Crippen LogP contribution in [0.15, 0.2) is 36.9 Å². The van der Waals surface area contributed by atoms with Crippen molar-refractivity contribution in [2.45, 2.75) is 13.1 Å². The van der Waals surface area contributed by atoms with Gasteiger partial charge in [0.2, 0.25) is 5.95 Å². The van der Waals surface area contributed by atoms with Gasteiger partial charge in [-0.2, -0.15) is 13.2 Å². The van der Waals surface area contributed by atoms with Crippen LogP contribution < -0.4 is 10.6 Å². The number of rotatable bonds is 5. The van der Waals surface area contributed by atoms with E-state index in [4.69, 9.17) is 11.6 Å². The largest absolute Gasteiger partial charge is 0.416 e. The van der Waals surface area contributed by atoms with E-state index in [0.717, 1.165) is 18.2 Å².